The smallest absolute Gasteiger partial charge is 0.416 e. The summed E-state index contributed by atoms with van der Waals surface area (Å²) in [4.78, 5) is 11.8. The molecule has 33 heavy (non-hydrogen) atoms. The SMILES string of the molecule is CCc1c(C(F)(F)F)ccc(C(=O)O)c1-c1ccc2c(c1)OC[C@H](Cc1ccccc1)[C@H]2O. The van der Waals surface area contributed by atoms with Crippen LogP contribution < -0.4 is 4.74 Å². The van der Waals surface area contributed by atoms with Gasteiger partial charge in [0.2, 0.25) is 0 Å². The highest BCUT2D eigenvalue weighted by atomic mass is 19.4. The number of aliphatic hydroxyl groups is 1. The van der Waals surface area contributed by atoms with Crippen molar-refractivity contribution in [3.8, 4) is 16.9 Å². The Morgan fingerprint density at radius 1 is 1.09 bits per heavy atom. The number of benzene rings is 3. The van der Waals surface area contributed by atoms with Crippen molar-refractivity contribution in [3.05, 3.63) is 88.5 Å². The van der Waals surface area contributed by atoms with E-state index in [9.17, 15) is 28.2 Å². The van der Waals surface area contributed by atoms with Gasteiger partial charge in [-0.1, -0.05) is 49.4 Å². The summed E-state index contributed by atoms with van der Waals surface area (Å²) in [7, 11) is 0. The van der Waals surface area contributed by atoms with Gasteiger partial charge in [-0.15, -0.1) is 0 Å². The lowest BCUT2D eigenvalue weighted by atomic mass is 9.85. The molecule has 0 radical (unpaired) electrons. The zero-order valence-corrected chi connectivity index (χ0v) is 17.9. The van der Waals surface area contributed by atoms with Gasteiger partial charge in [0.15, 0.2) is 0 Å². The number of carboxylic acid groups (broad SMARTS) is 1. The molecule has 2 N–H and O–H groups in total. The molecule has 1 heterocycles. The van der Waals surface area contributed by atoms with E-state index in [1.807, 2.05) is 30.3 Å². The van der Waals surface area contributed by atoms with E-state index in [4.69, 9.17) is 4.74 Å². The highest BCUT2D eigenvalue weighted by Gasteiger charge is 2.36. The van der Waals surface area contributed by atoms with Crippen molar-refractivity contribution in [2.45, 2.75) is 32.0 Å². The molecule has 172 valence electrons. The third kappa shape index (κ3) is 4.46. The maximum atomic E-state index is 13.6. The molecule has 0 spiro atoms. The van der Waals surface area contributed by atoms with Crippen LogP contribution in [0.15, 0.2) is 60.7 Å². The van der Waals surface area contributed by atoms with E-state index in [0.29, 0.717) is 23.3 Å². The van der Waals surface area contributed by atoms with E-state index >= 15 is 0 Å². The predicted octanol–water partition coefficient (Wildman–Crippen LogP) is 5.92. The molecule has 3 aromatic rings. The van der Waals surface area contributed by atoms with Crippen LogP contribution in [0.2, 0.25) is 0 Å². The van der Waals surface area contributed by atoms with Crippen LogP contribution in [0.25, 0.3) is 11.1 Å². The molecule has 2 atom stereocenters. The number of carboxylic acids is 1. The van der Waals surface area contributed by atoms with E-state index in [2.05, 4.69) is 0 Å². The minimum Gasteiger partial charge on any atom is -0.493 e. The fourth-order valence-electron chi connectivity index (χ4n) is 4.48. The van der Waals surface area contributed by atoms with Crippen molar-refractivity contribution < 1.29 is 32.9 Å². The van der Waals surface area contributed by atoms with Gasteiger partial charge in [-0.05, 0) is 47.7 Å². The molecule has 0 bridgehead atoms. The minimum atomic E-state index is -4.61. The molecule has 0 aromatic heterocycles. The van der Waals surface area contributed by atoms with Crippen molar-refractivity contribution in [3.63, 3.8) is 0 Å². The van der Waals surface area contributed by atoms with Crippen LogP contribution in [-0.4, -0.2) is 22.8 Å². The van der Waals surface area contributed by atoms with E-state index in [-0.39, 0.29) is 35.6 Å². The Hall–Kier alpha value is -3.32. The normalized spacial score (nSPS) is 17.8. The quantitative estimate of drug-likeness (QED) is 0.500. The molecule has 0 saturated heterocycles. The number of alkyl halides is 3. The van der Waals surface area contributed by atoms with Crippen LogP contribution in [0.5, 0.6) is 5.75 Å². The summed E-state index contributed by atoms with van der Waals surface area (Å²) in [5.41, 5.74) is 0.779. The van der Waals surface area contributed by atoms with Gasteiger partial charge in [0.25, 0.3) is 0 Å². The van der Waals surface area contributed by atoms with Gasteiger partial charge < -0.3 is 14.9 Å². The molecule has 0 saturated carbocycles. The number of ether oxygens (including phenoxy) is 1. The summed E-state index contributed by atoms with van der Waals surface area (Å²) < 4.78 is 46.7. The number of halogens is 3. The van der Waals surface area contributed by atoms with Gasteiger partial charge >= 0.3 is 12.1 Å². The third-order valence-electron chi connectivity index (χ3n) is 6.06. The van der Waals surface area contributed by atoms with Gasteiger partial charge in [0.1, 0.15) is 5.75 Å². The van der Waals surface area contributed by atoms with Crippen molar-refractivity contribution >= 4 is 5.97 Å². The molecule has 0 unspecified atom stereocenters. The van der Waals surface area contributed by atoms with Crippen molar-refractivity contribution in [2.75, 3.05) is 6.61 Å². The number of carbonyl (C=O) groups is 1. The maximum absolute atomic E-state index is 13.6. The number of hydrogen-bond donors (Lipinski definition) is 2. The molecular formula is C26H23F3O4. The van der Waals surface area contributed by atoms with Crippen LogP contribution in [0.4, 0.5) is 13.2 Å². The number of aromatic carboxylic acids is 1. The number of fused-ring (bicyclic) bond motifs is 1. The maximum Gasteiger partial charge on any atom is 0.416 e. The summed E-state index contributed by atoms with van der Waals surface area (Å²) in [5.74, 6) is -1.14. The number of hydrogen-bond acceptors (Lipinski definition) is 3. The van der Waals surface area contributed by atoms with Crippen LogP contribution in [0.1, 0.15) is 45.6 Å². The lowest BCUT2D eigenvalue weighted by Crippen LogP contribution is -2.27. The summed E-state index contributed by atoms with van der Waals surface area (Å²) in [6.07, 6.45) is -4.80. The minimum absolute atomic E-state index is 0.00497. The van der Waals surface area contributed by atoms with Gasteiger partial charge in [-0.2, -0.15) is 13.2 Å². The zero-order chi connectivity index (χ0) is 23.8. The fraction of sp³-hybridized carbons (Fsp3) is 0.269. The summed E-state index contributed by atoms with van der Waals surface area (Å²) in [6, 6.07) is 16.2. The standard InChI is InChI=1S/C26H23F3O4/c1-2-18-21(26(27,28)29)11-10-20(25(31)32)23(18)16-8-9-19-22(13-16)33-14-17(24(19)30)12-15-6-4-3-5-7-15/h3-11,13,17,24,30H,2,12,14H2,1H3,(H,31,32)/t17-,24+/m0/s1. The Morgan fingerprint density at radius 2 is 1.82 bits per heavy atom. The van der Waals surface area contributed by atoms with Crippen LogP contribution in [-0.2, 0) is 19.0 Å². The topological polar surface area (TPSA) is 66.8 Å². The van der Waals surface area contributed by atoms with Crippen molar-refractivity contribution in [1.29, 1.82) is 0 Å². The first-order valence-electron chi connectivity index (χ1n) is 10.7. The average molecular weight is 456 g/mol. The Balaban J connectivity index is 1.75. The molecule has 1 aliphatic heterocycles. The van der Waals surface area contributed by atoms with Gasteiger partial charge in [-0.25, -0.2) is 4.79 Å². The summed E-state index contributed by atoms with van der Waals surface area (Å²) in [6.45, 7) is 1.80. The lowest BCUT2D eigenvalue weighted by Gasteiger charge is -2.31. The third-order valence-corrected chi connectivity index (χ3v) is 6.06. The van der Waals surface area contributed by atoms with Gasteiger partial charge in [0.05, 0.1) is 23.8 Å². The Kier molecular flexibility index (Phi) is 6.17. The van der Waals surface area contributed by atoms with Gasteiger partial charge in [0, 0.05) is 17.0 Å². The molecule has 4 rings (SSSR count). The van der Waals surface area contributed by atoms with E-state index in [0.717, 1.165) is 17.7 Å². The first kappa shape index (κ1) is 22.9. The van der Waals surface area contributed by atoms with Crippen molar-refractivity contribution in [1.82, 2.24) is 0 Å². The van der Waals surface area contributed by atoms with Crippen LogP contribution in [0, 0.1) is 5.92 Å². The molecular weight excluding hydrogens is 433 g/mol. The highest BCUT2D eigenvalue weighted by Crippen LogP contribution is 2.43. The molecule has 1 aliphatic rings. The molecule has 0 fully saturated rings. The molecule has 0 aliphatic carbocycles. The Morgan fingerprint density at radius 3 is 2.45 bits per heavy atom. The van der Waals surface area contributed by atoms with Crippen molar-refractivity contribution in [2.24, 2.45) is 5.92 Å². The lowest BCUT2D eigenvalue weighted by molar-refractivity contribution is -0.138. The second-order valence-electron chi connectivity index (χ2n) is 8.13. The zero-order valence-electron chi connectivity index (χ0n) is 17.9. The number of rotatable bonds is 5. The fourth-order valence-corrected chi connectivity index (χ4v) is 4.48. The Labute approximate surface area is 189 Å². The van der Waals surface area contributed by atoms with E-state index in [1.54, 1.807) is 19.1 Å². The van der Waals surface area contributed by atoms with Crippen LogP contribution in [0.3, 0.4) is 0 Å². The van der Waals surface area contributed by atoms with E-state index in [1.165, 1.54) is 6.07 Å². The predicted molar refractivity (Wildman–Crippen MR) is 117 cm³/mol. The molecule has 0 amide bonds. The first-order valence-corrected chi connectivity index (χ1v) is 10.7. The van der Waals surface area contributed by atoms with E-state index < -0.39 is 23.8 Å². The summed E-state index contributed by atoms with van der Waals surface area (Å²) in [5, 5.41) is 20.6. The second-order valence-corrected chi connectivity index (χ2v) is 8.13. The first-order chi connectivity index (χ1) is 15.7. The molecule has 4 nitrogen and oxygen atoms in total. The largest absolute Gasteiger partial charge is 0.493 e. The van der Waals surface area contributed by atoms with Crippen LogP contribution >= 0.6 is 0 Å². The average Bonchev–Trinajstić information content (AvgIpc) is 2.79. The van der Waals surface area contributed by atoms with Gasteiger partial charge in [-0.3, -0.25) is 0 Å². The number of aliphatic hydroxyl groups excluding tert-OH is 1. The Bertz CT molecular complexity index is 1170. The molecule has 3 aromatic carbocycles. The highest BCUT2D eigenvalue weighted by molar-refractivity contribution is 5.97. The summed E-state index contributed by atoms with van der Waals surface area (Å²) >= 11 is 0. The monoisotopic (exact) mass is 456 g/mol. The second kappa shape index (κ2) is 8.90. The molecule has 7 heteroatoms.